The quantitative estimate of drug-likeness (QED) is 0.865. The van der Waals surface area contributed by atoms with Crippen molar-refractivity contribution >= 4 is 11.9 Å². The predicted octanol–water partition coefficient (Wildman–Crippen LogP) is 2.77. The molecule has 1 heterocycles. The number of nitrogens with zero attached hydrogens (tertiary/aromatic N) is 1. The number of piperidine rings is 1. The van der Waals surface area contributed by atoms with Gasteiger partial charge in [-0.1, -0.05) is 20.8 Å². The molecule has 1 saturated heterocycles. The van der Waals surface area contributed by atoms with Crippen LogP contribution >= 0.6 is 0 Å². The molecule has 20 heavy (non-hydrogen) atoms. The standard InChI is InChI=1S/C16H27NO3/c1-11(2)16(3)6-8-17(9-7-16)14(18)12-4-5-13(10-12)15(19)20/h11-13H,4-10H2,1-3H3,(H,19,20)/t12-,13+/m1/s1. The first-order valence-electron chi connectivity index (χ1n) is 7.85. The number of carbonyl (C=O) groups is 2. The largest absolute Gasteiger partial charge is 0.481 e. The first-order valence-corrected chi connectivity index (χ1v) is 7.85. The van der Waals surface area contributed by atoms with Crippen LogP contribution in [0, 0.1) is 23.2 Å². The van der Waals surface area contributed by atoms with Gasteiger partial charge < -0.3 is 10.0 Å². The third kappa shape index (κ3) is 2.99. The van der Waals surface area contributed by atoms with Gasteiger partial charge in [0.25, 0.3) is 0 Å². The lowest BCUT2D eigenvalue weighted by Crippen LogP contribution is -2.45. The second-order valence-electron chi connectivity index (χ2n) is 7.18. The van der Waals surface area contributed by atoms with Crippen LogP contribution in [0.3, 0.4) is 0 Å². The Labute approximate surface area is 121 Å². The Bertz CT molecular complexity index is 383. The van der Waals surface area contributed by atoms with E-state index >= 15 is 0 Å². The minimum absolute atomic E-state index is 0.0560. The maximum atomic E-state index is 12.5. The number of carboxylic acid groups (broad SMARTS) is 1. The second kappa shape index (κ2) is 5.74. The molecule has 2 aliphatic rings. The molecule has 0 aromatic rings. The van der Waals surface area contributed by atoms with E-state index in [-0.39, 0.29) is 17.7 Å². The molecule has 0 spiro atoms. The number of aliphatic carboxylic acids is 1. The summed E-state index contributed by atoms with van der Waals surface area (Å²) in [6.45, 7) is 8.50. The highest BCUT2D eigenvalue weighted by Crippen LogP contribution is 2.39. The lowest BCUT2D eigenvalue weighted by Gasteiger charge is -2.42. The molecular weight excluding hydrogens is 254 g/mol. The van der Waals surface area contributed by atoms with E-state index in [2.05, 4.69) is 20.8 Å². The molecule has 2 atom stereocenters. The Kier molecular flexibility index (Phi) is 4.40. The van der Waals surface area contributed by atoms with Gasteiger partial charge in [0.1, 0.15) is 0 Å². The van der Waals surface area contributed by atoms with Crippen LogP contribution < -0.4 is 0 Å². The topological polar surface area (TPSA) is 57.6 Å². The van der Waals surface area contributed by atoms with Gasteiger partial charge in [0, 0.05) is 19.0 Å². The van der Waals surface area contributed by atoms with Crippen LogP contribution in [0.15, 0.2) is 0 Å². The molecular formula is C16H27NO3. The van der Waals surface area contributed by atoms with E-state index in [1.807, 2.05) is 4.90 Å². The zero-order valence-corrected chi connectivity index (χ0v) is 12.9. The highest BCUT2D eigenvalue weighted by molar-refractivity contribution is 5.81. The van der Waals surface area contributed by atoms with Gasteiger partial charge in [-0.05, 0) is 43.4 Å². The SMILES string of the molecule is CC(C)C1(C)CCN(C(=O)[C@@H]2CC[C@H](C(=O)O)C2)CC1. The number of carboxylic acids is 1. The highest BCUT2D eigenvalue weighted by atomic mass is 16.4. The fourth-order valence-corrected chi connectivity index (χ4v) is 3.50. The van der Waals surface area contributed by atoms with E-state index in [1.54, 1.807) is 0 Å². The fraction of sp³-hybridized carbons (Fsp3) is 0.875. The molecule has 0 unspecified atom stereocenters. The molecule has 1 N–H and O–H groups in total. The molecule has 1 aliphatic carbocycles. The van der Waals surface area contributed by atoms with Crippen LogP contribution in [0.1, 0.15) is 52.9 Å². The summed E-state index contributed by atoms with van der Waals surface area (Å²) in [5.74, 6) is -0.275. The molecule has 4 nitrogen and oxygen atoms in total. The van der Waals surface area contributed by atoms with Crippen molar-refractivity contribution in [2.45, 2.75) is 52.9 Å². The first kappa shape index (κ1) is 15.3. The van der Waals surface area contributed by atoms with E-state index in [0.717, 1.165) is 32.4 Å². The van der Waals surface area contributed by atoms with E-state index in [4.69, 9.17) is 5.11 Å². The molecule has 1 saturated carbocycles. The van der Waals surface area contributed by atoms with E-state index in [1.165, 1.54) is 0 Å². The Morgan fingerprint density at radius 2 is 1.70 bits per heavy atom. The van der Waals surface area contributed by atoms with Crippen LogP contribution in [-0.4, -0.2) is 35.0 Å². The third-order valence-electron chi connectivity index (χ3n) is 5.74. The summed E-state index contributed by atoms with van der Waals surface area (Å²) in [6, 6.07) is 0. The summed E-state index contributed by atoms with van der Waals surface area (Å²) < 4.78 is 0. The van der Waals surface area contributed by atoms with E-state index in [9.17, 15) is 9.59 Å². The van der Waals surface area contributed by atoms with Gasteiger partial charge in [-0.2, -0.15) is 0 Å². The third-order valence-corrected chi connectivity index (χ3v) is 5.74. The van der Waals surface area contributed by atoms with Crippen LogP contribution in [0.2, 0.25) is 0 Å². The minimum Gasteiger partial charge on any atom is -0.481 e. The lowest BCUT2D eigenvalue weighted by molar-refractivity contribution is -0.142. The van der Waals surface area contributed by atoms with Crippen molar-refractivity contribution < 1.29 is 14.7 Å². The molecule has 4 heteroatoms. The maximum absolute atomic E-state index is 12.5. The number of amides is 1. The molecule has 0 aromatic carbocycles. The second-order valence-corrected chi connectivity index (χ2v) is 7.18. The predicted molar refractivity (Wildman–Crippen MR) is 77.2 cm³/mol. The zero-order chi connectivity index (χ0) is 14.9. The summed E-state index contributed by atoms with van der Waals surface area (Å²) >= 11 is 0. The van der Waals surface area contributed by atoms with Crippen LogP contribution in [0.25, 0.3) is 0 Å². The Morgan fingerprint density at radius 3 is 2.15 bits per heavy atom. The smallest absolute Gasteiger partial charge is 0.306 e. The van der Waals surface area contributed by atoms with Crippen molar-refractivity contribution in [3.05, 3.63) is 0 Å². The summed E-state index contributed by atoms with van der Waals surface area (Å²) in [6.07, 6.45) is 4.06. The molecule has 1 amide bonds. The van der Waals surface area contributed by atoms with E-state index < -0.39 is 5.97 Å². The summed E-state index contributed by atoms with van der Waals surface area (Å²) in [5.41, 5.74) is 0.343. The number of carbonyl (C=O) groups excluding carboxylic acids is 1. The first-order chi connectivity index (χ1) is 9.33. The molecule has 0 radical (unpaired) electrons. The maximum Gasteiger partial charge on any atom is 0.306 e. The monoisotopic (exact) mass is 281 g/mol. The molecule has 0 bridgehead atoms. The van der Waals surface area contributed by atoms with Crippen molar-refractivity contribution in [3.8, 4) is 0 Å². The number of hydrogen-bond acceptors (Lipinski definition) is 2. The van der Waals surface area contributed by atoms with Gasteiger partial charge in [-0.25, -0.2) is 0 Å². The zero-order valence-electron chi connectivity index (χ0n) is 12.9. The summed E-state index contributed by atoms with van der Waals surface area (Å²) in [4.78, 5) is 25.4. The van der Waals surface area contributed by atoms with Crippen LogP contribution in [0.5, 0.6) is 0 Å². The van der Waals surface area contributed by atoms with Gasteiger partial charge in [-0.15, -0.1) is 0 Å². The Hall–Kier alpha value is -1.06. The Balaban J connectivity index is 1.88. The Morgan fingerprint density at radius 1 is 1.15 bits per heavy atom. The van der Waals surface area contributed by atoms with Crippen molar-refractivity contribution in [2.24, 2.45) is 23.2 Å². The van der Waals surface area contributed by atoms with Crippen LogP contribution in [-0.2, 0) is 9.59 Å². The van der Waals surface area contributed by atoms with Crippen molar-refractivity contribution in [3.63, 3.8) is 0 Å². The molecule has 114 valence electrons. The molecule has 2 fully saturated rings. The van der Waals surface area contributed by atoms with Crippen molar-refractivity contribution in [1.82, 2.24) is 4.90 Å². The van der Waals surface area contributed by atoms with E-state index in [0.29, 0.717) is 24.2 Å². The average Bonchev–Trinajstić information content (AvgIpc) is 2.88. The number of hydrogen-bond donors (Lipinski definition) is 1. The van der Waals surface area contributed by atoms with Gasteiger partial charge in [-0.3, -0.25) is 9.59 Å². The van der Waals surface area contributed by atoms with Crippen LogP contribution in [0.4, 0.5) is 0 Å². The summed E-state index contributed by atoms with van der Waals surface area (Å²) in [5, 5.41) is 9.03. The highest BCUT2D eigenvalue weighted by Gasteiger charge is 2.39. The van der Waals surface area contributed by atoms with Gasteiger partial charge in [0.05, 0.1) is 5.92 Å². The van der Waals surface area contributed by atoms with Gasteiger partial charge in [0.2, 0.25) is 5.91 Å². The lowest BCUT2D eigenvalue weighted by atomic mass is 9.72. The summed E-state index contributed by atoms with van der Waals surface area (Å²) in [7, 11) is 0. The number of rotatable bonds is 3. The normalized spacial score (nSPS) is 29.7. The van der Waals surface area contributed by atoms with Crippen molar-refractivity contribution in [1.29, 1.82) is 0 Å². The fourth-order valence-electron chi connectivity index (χ4n) is 3.50. The molecule has 1 aliphatic heterocycles. The van der Waals surface area contributed by atoms with Crippen molar-refractivity contribution in [2.75, 3.05) is 13.1 Å². The van der Waals surface area contributed by atoms with Gasteiger partial charge in [0.15, 0.2) is 0 Å². The molecule has 0 aromatic heterocycles. The average molecular weight is 281 g/mol. The molecule has 2 rings (SSSR count). The van der Waals surface area contributed by atoms with Gasteiger partial charge >= 0.3 is 5.97 Å². The minimum atomic E-state index is -0.744. The number of likely N-dealkylation sites (tertiary alicyclic amines) is 1.